The Kier molecular flexibility index (Phi) is 4.50. The summed E-state index contributed by atoms with van der Waals surface area (Å²) in [6.07, 6.45) is 6.57. The van der Waals surface area contributed by atoms with Crippen molar-refractivity contribution in [3.05, 3.63) is 35.9 Å². The van der Waals surface area contributed by atoms with Gasteiger partial charge in [-0.3, -0.25) is 9.69 Å². The normalized spacial score (nSPS) is 28.6. The van der Waals surface area contributed by atoms with Gasteiger partial charge in [0.1, 0.15) is 5.54 Å². The number of piperidine rings is 1. The molecule has 5 heteroatoms. The Morgan fingerprint density at radius 2 is 1.68 bits per heavy atom. The number of imide groups is 1. The molecule has 2 heterocycles. The SMILES string of the molecule is O=C1NC(Cc2ccccc2)(C2CCNCC2)C(=O)N1C1CCCC1. The number of benzene rings is 1. The molecule has 3 aliphatic rings. The molecular weight excluding hydrogens is 314 g/mol. The van der Waals surface area contributed by atoms with Crippen LogP contribution in [-0.2, 0) is 11.2 Å². The lowest BCUT2D eigenvalue weighted by atomic mass is 9.74. The molecule has 2 N–H and O–H groups in total. The van der Waals surface area contributed by atoms with Crippen LogP contribution in [0.4, 0.5) is 4.79 Å². The van der Waals surface area contributed by atoms with E-state index in [9.17, 15) is 9.59 Å². The van der Waals surface area contributed by atoms with E-state index in [2.05, 4.69) is 22.8 Å². The van der Waals surface area contributed by atoms with Crippen molar-refractivity contribution < 1.29 is 9.59 Å². The summed E-state index contributed by atoms with van der Waals surface area (Å²) < 4.78 is 0. The maximum absolute atomic E-state index is 13.6. The van der Waals surface area contributed by atoms with Crippen molar-refractivity contribution in [2.45, 2.75) is 56.5 Å². The molecular formula is C20H27N3O2. The van der Waals surface area contributed by atoms with Gasteiger partial charge in [0.2, 0.25) is 0 Å². The van der Waals surface area contributed by atoms with Crippen LogP contribution in [0.2, 0.25) is 0 Å². The number of carbonyl (C=O) groups is 2. The van der Waals surface area contributed by atoms with E-state index in [4.69, 9.17) is 0 Å². The average molecular weight is 341 g/mol. The zero-order chi connectivity index (χ0) is 17.3. The van der Waals surface area contributed by atoms with Crippen LogP contribution in [0.15, 0.2) is 30.3 Å². The van der Waals surface area contributed by atoms with E-state index in [-0.39, 0.29) is 23.9 Å². The number of hydrogen-bond donors (Lipinski definition) is 2. The van der Waals surface area contributed by atoms with Crippen molar-refractivity contribution in [2.75, 3.05) is 13.1 Å². The zero-order valence-corrected chi connectivity index (χ0v) is 14.7. The number of rotatable bonds is 4. The van der Waals surface area contributed by atoms with E-state index in [1.807, 2.05) is 18.2 Å². The second-order valence-electron chi connectivity index (χ2n) is 7.70. The molecule has 2 saturated heterocycles. The summed E-state index contributed by atoms with van der Waals surface area (Å²) in [5.41, 5.74) is 0.339. The fourth-order valence-corrected chi connectivity index (χ4v) is 4.88. The van der Waals surface area contributed by atoms with Crippen LogP contribution in [-0.4, -0.2) is 41.5 Å². The summed E-state index contributed by atoms with van der Waals surface area (Å²) >= 11 is 0. The van der Waals surface area contributed by atoms with Gasteiger partial charge in [-0.2, -0.15) is 0 Å². The summed E-state index contributed by atoms with van der Waals surface area (Å²) in [5.74, 6) is 0.206. The van der Waals surface area contributed by atoms with Crippen LogP contribution in [0.3, 0.4) is 0 Å². The summed E-state index contributed by atoms with van der Waals surface area (Å²) in [5, 5.41) is 6.55. The molecule has 134 valence electrons. The van der Waals surface area contributed by atoms with Gasteiger partial charge in [-0.15, -0.1) is 0 Å². The first kappa shape index (κ1) is 16.6. The van der Waals surface area contributed by atoms with Gasteiger partial charge in [0.05, 0.1) is 0 Å². The minimum absolute atomic E-state index is 0.0140. The molecule has 1 atom stereocenters. The van der Waals surface area contributed by atoms with Crippen LogP contribution in [0.25, 0.3) is 0 Å². The topological polar surface area (TPSA) is 61.4 Å². The first-order valence-corrected chi connectivity index (χ1v) is 9.61. The third-order valence-corrected chi connectivity index (χ3v) is 6.20. The first-order valence-electron chi connectivity index (χ1n) is 9.61. The Bertz CT molecular complexity index is 636. The second-order valence-corrected chi connectivity index (χ2v) is 7.70. The van der Waals surface area contributed by atoms with Crippen molar-refractivity contribution in [3.63, 3.8) is 0 Å². The average Bonchev–Trinajstić information content (AvgIpc) is 3.24. The summed E-state index contributed by atoms with van der Waals surface area (Å²) in [6.45, 7) is 1.82. The Balaban J connectivity index is 1.67. The second kappa shape index (κ2) is 6.79. The Morgan fingerprint density at radius 3 is 2.36 bits per heavy atom. The Labute approximate surface area is 149 Å². The number of hydrogen-bond acceptors (Lipinski definition) is 3. The third-order valence-electron chi connectivity index (χ3n) is 6.20. The minimum atomic E-state index is -0.775. The molecule has 1 unspecified atom stereocenters. The number of nitrogens with zero attached hydrogens (tertiary/aromatic N) is 1. The number of urea groups is 1. The molecule has 4 rings (SSSR count). The first-order chi connectivity index (χ1) is 12.2. The highest BCUT2D eigenvalue weighted by Gasteiger charge is 2.57. The molecule has 0 aromatic heterocycles. The molecule has 0 radical (unpaired) electrons. The van der Waals surface area contributed by atoms with E-state index in [0.29, 0.717) is 6.42 Å². The quantitative estimate of drug-likeness (QED) is 0.827. The van der Waals surface area contributed by atoms with Gasteiger partial charge < -0.3 is 10.6 Å². The lowest BCUT2D eigenvalue weighted by molar-refractivity contribution is -0.135. The van der Waals surface area contributed by atoms with E-state index in [1.165, 1.54) is 0 Å². The van der Waals surface area contributed by atoms with Crippen molar-refractivity contribution in [1.29, 1.82) is 0 Å². The van der Waals surface area contributed by atoms with E-state index < -0.39 is 5.54 Å². The molecule has 1 aliphatic carbocycles. The van der Waals surface area contributed by atoms with Crippen molar-refractivity contribution >= 4 is 11.9 Å². The van der Waals surface area contributed by atoms with Crippen LogP contribution >= 0.6 is 0 Å². The predicted molar refractivity (Wildman–Crippen MR) is 96.1 cm³/mol. The third kappa shape index (κ3) is 2.95. The van der Waals surface area contributed by atoms with Crippen LogP contribution in [0.1, 0.15) is 44.1 Å². The van der Waals surface area contributed by atoms with Gasteiger partial charge in [-0.25, -0.2) is 4.79 Å². The van der Waals surface area contributed by atoms with E-state index >= 15 is 0 Å². The highest BCUT2D eigenvalue weighted by molar-refractivity contribution is 6.07. The molecule has 3 amide bonds. The Hall–Kier alpha value is -1.88. The fourth-order valence-electron chi connectivity index (χ4n) is 4.88. The largest absolute Gasteiger partial charge is 0.325 e. The molecule has 2 aliphatic heterocycles. The van der Waals surface area contributed by atoms with Gasteiger partial charge in [-0.05, 0) is 50.3 Å². The monoisotopic (exact) mass is 341 g/mol. The van der Waals surface area contributed by atoms with Gasteiger partial charge >= 0.3 is 6.03 Å². The van der Waals surface area contributed by atoms with Crippen LogP contribution in [0.5, 0.6) is 0 Å². The fraction of sp³-hybridized carbons (Fsp3) is 0.600. The van der Waals surface area contributed by atoms with Gasteiger partial charge in [-0.1, -0.05) is 43.2 Å². The molecule has 0 bridgehead atoms. The molecule has 1 saturated carbocycles. The van der Waals surface area contributed by atoms with Crippen LogP contribution in [0, 0.1) is 5.92 Å². The smallest absolute Gasteiger partial charge is 0.322 e. The van der Waals surface area contributed by atoms with Gasteiger partial charge in [0, 0.05) is 12.5 Å². The maximum atomic E-state index is 13.6. The van der Waals surface area contributed by atoms with Crippen molar-refractivity contribution in [2.24, 2.45) is 5.92 Å². The summed E-state index contributed by atoms with van der Waals surface area (Å²) in [6, 6.07) is 10.0. The van der Waals surface area contributed by atoms with Gasteiger partial charge in [0.25, 0.3) is 5.91 Å². The van der Waals surface area contributed by atoms with E-state index in [0.717, 1.165) is 57.2 Å². The van der Waals surface area contributed by atoms with Gasteiger partial charge in [0.15, 0.2) is 0 Å². The summed E-state index contributed by atoms with van der Waals surface area (Å²) in [7, 11) is 0. The molecule has 1 aromatic rings. The standard InChI is InChI=1S/C20H27N3O2/c24-18-20(16-10-12-21-13-11-16,14-15-6-2-1-3-7-15)22-19(25)23(18)17-8-4-5-9-17/h1-3,6-7,16-17,21H,4-5,8-14H2,(H,22,25). The highest BCUT2D eigenvalue weighted by Crippen LogP contribution is 2.38. The highest BCUT2D eigenvalue weighted by atomic mass is 16.2. The van der Waals surface area contributed by atoms with Crippen molar-refractivity contribution in [1.82, 2.24) is 15.5 Å². The van der Waals surface area contributed by atoms with Crippen LogP contribution < -0.4 is 10.6 Å². The number of carbonyl (C=O) groups excluding carboxylic acids is 2. The van der Waals surface area contributed by atoms with Crippen molar-refractivity contribution in [3.8, 4) is 0 Å². The molecule has 1 aromatic carbocycles. The molecule has 5 nitrogen and oxygen atoms in total. The molecule has 25 heavy (non-hydrogen) atoms. The number of nitrogens with one attached hydrogen (secondary N) is 2. The number of amides is 3. The summed E-state index contributed by atoms with van der Waals surface area (Å²) in [4.78, 5) is 27.9. The van der Waals surface area contributed by atoms with E-state index in [1.54, 1.807) is 4.90 Å². The molecule has 3 fully saturated rings. The Morgan fingerprint density at radius 1 is 1.00 bits per heavy atom. The maximum Gasteiger partial charge on any atom is 0.325 e. The molecule has 0 spiro atoms. The zero-order valence-electron chi connectivity index (χ0n) is 14.7. The minimum Gasteiger partial charge on any atom is -0.322 e. The lowest BCUT2D eigenvalue weighted by Gasteiger charge is -2.38. The predicted octanol–water partition coefficient (Wildman–Crippen LogP) is 2.46. The lowest BCUT2D eigenvalue weighted by Crippen LogP contribution is -2.57.